The van der Waals surface area contributed by atoms with Gasteiger partial charge >= 0.3 is 6.09 Å². The van der Waals surface area contributed by atoms with Gasteiger partial charge in [0.15, 0.2) is 0 Å². The number of rotatable bonds is 8. The molecule has 0 spiro atoms. The molecule has 2 rings (SSSR count). The molecule has 1 aromatic carbocycles. The van der Waals surface area contributed by atoms with Crippen LogP contribution in [0, 0.1) is 0 Å². The van der Waals surface area contributed by atoms with E-state index in [-0.39, 0.29) is 12.1 Å². The van der Waals surface area contributed by atoms with E-state index in [1.807, 2.05) is 36.4 Å². The van der Waals surface area contributed by atoms with Crippen molar-refractivity contribution in [2.45, 2.75) is 18.9 Å². The van der Waals surface area contributed by atoms with E-state index in [0.717, 1.165) is 18.6 Å². The summed E-state index contributed by atoms with van der Waals surface area (Å²) in [6, 6.07) is 9.79. The van der Waals surface area contributed by atoms with E-state index in [0.29, 0.717) is 19.8 Å². The van der Waals surface area contributed by atoms with Crippen LogP contribution in [0.3, 0.4) is 0 Å². The van der Waals surface area contributed by atoms with Gasteiger partial charge in [-0.15, -0.1) is 6.58 Å². The average Bonchev–Trinajstić information content (AvgIpc) is 2.86. The summed E-state index contributed by atoms with van der Waals surface area (Å²) in [6.07, 6.45) is 3.07. The number of para-hydroxylation sites is 1. The van der Waals surface area contributed by atoms with Crippen LogP contribution in [0.5, 0.6) is 5.75 Å². The molecule has 1 aliphatic heterocycles. The number of cyclic esters (lactones) is 1. The van der Waals surface area contributed by atoms with Crippen LogP contribution in [0.25, 0.3) is 0 Å². The lowest BCUT2D eigenvalue weighted by Crippen LogP contribution is -2.45. The number of benzene rings is 1. The molecule has 20 heavy (non-hydrogen) atoms. The Bertz CT molecular complexity index is 436. The van der Waals surface area contributed by atoms with Crippen LogP contribution in [0.2, 0.25) is 0 Å². The predicted octanol–water partition coefficient (Wildman–Crippen LogP) is 2.36. The third-order valence-electron chi connectivity index (χ3n) is 3.03. The van der Waals surface area contributed by atoms with Crippen LogP contribution in [0.15, 0.2) is 43.0 Å². The van der Waals surface area contributed by atoms with Crippen molar-refractivity contribution < 1.29 is 14.3 Å². The number of amides is 1. The highest BCUT2D eigenvalue weighted by molar-refractivity contribution is 5.68. The summed E-state index contributed by atoms with van der Waals surface area (Å²) in [6.45, 7) is 5.34. The molecule has 0 bridgehead atoms. The van der Waals surface area contributed by atoms with Crippen molar-refractivity contribution in [3.63, 3.8) is 0 Å². The molecule has 0 saturated carbocycles. The fourth-order valence-electron chi connectivity index (χ4n) is 2.00. The number of nitrogens with one attached hydrogen (secondary N) is 1. The second-order valence-electron chi connectivity index (χ2n) is 4.57. The smallest absolute Gasteiger partial charge is 0.424 e. The highest BCUT2D eigenvalue weighted by Gasteiger charge is 2.24. The number of hydrogen-bond acceptors (Lipinski definition) is 4. The van der Waals surface area contributed by atoms with Gasteiger partial charge in [0.1, 0.15) is 12.4 Å². The number of ether oxygens (including phenoxy) is 2. The van der Waals surface area contributed by atoms with E-state index in [9.17, 15) is 4.79 Å². The molecule has 1 amide bonds. The summed E-state index contributed by atoms with van der Waals surface area (Å²) in [4.78, 5) is 11.4. The highest BCUT2D eigenvalue weighted by atomic mass is 16.6. The molecule has 0 aromatic heterocycles. The maximum absolute atomic E-state index is 11.4. The van der Waals surface area contributed by atoms with Crippen LogP contribution in [-0.2, 0) is 4.74 Å². The largest absolute Gasteiger partial charge is 0.494 e. The summed E-state index contributed by atoms with van der Waals surface area (Å²) in [5.74, 6) is 0.852. The van der Waals surface area contributed by atoms with Crippen LogP contribution >= 0.6 is 0 Å². The Hall–Kier alpha value is -2.01. The molecule has 5 heteroatoms. The van der Waals surface area contributed by atoms with Crippen molar-refractivity contribution in [1.29, 1.82) is 0 Å². The minimum Gasteiger partial charge on any atom is -0.494 e. The van der Waals surface area contributed by atoms with Crippen molar-refractivity contribution in [3.8, 4) is 5.75 Å². The van der Waals surface area contributed by atoms with Gasteiger partial charge in [0.2, 0.25) is 0 Å². The van der Waals surface area contributed by atoms with E-state index < -0.39 is 0 Å². The van der Waals surface area contributed by atoms with Crippen LogP contribution in [0.1, 0.15) is 12.8 Å². The zero-order valence-electron chi connectivity index (χ0n) is 11.5. The van der Waals surface area contributed by atoms with Gasteiger partial charge in [-0.3, -0.25) is 0 Å². The molecule has 1 N–H and O–H groups in total. The molecule has 1 heterocycles. The Morgan fingerprint density at radius 2 is 2.25 bits per heavy atom. The summed E-state index contributed by atoms with van der Waals surface area (Å²) in [7, 11) is 0. The van der Waals surface area contributed by atoms with Crippen molar-refractivity contribution in [3.05, 3.63) is 43.0 Å². The van der Waals surface area contributed by atoms with Gasteiger partial charge in [-0.25, -0.2) is 15.2 Å². The van der Waals surface area contributed by atoms with E-state index in [2.05, 4.69) is 12.0 Å². The minimum absolute atomic E-state index is 0.113. The lowest BCUT2D eigenvalue weighted by atomic mass is 10.1. The van der Waals surface area contributed by atoms with Gasteiger partial charge in [-0.2, -0.15) is 0 Å². The first-order valence-electron chi connectivity index (χ1n) is 6.79. The summed E-state index contributed by atoms with van der Waals surface area (Å²) < 4.78 is 10.6. The third kappa shape index (κ3) is 4.28. The van der Waals surface area contributed by atoms with Gasteiger partial charge in [0.05, 0.1) is 13.2 Å². The Morgan fingerprint density at radius 1 is 1.45 bits per heavy atom. The number of carbonyl (C=O) groups excluding carboxylic acids is 1. The topological polar surface area (TPSA) is 50.8 Å². The number of carbonyl (C=O) groups is 1. The normalized spacial score (nSPS) is 15.8. The maximum Gasteiger partial charge on any atom is 0.424 e. The second kappa shape index (κ2) is 7.55. The van der Waals surface area contributed by atoms with Gasteiger partial charge in [-0.1, -0.05) is 24.3 Å². The van der Waals surface area contributed by atoms with Gasteiger partial charge in [0, 0.05) is 6.04 Å². The molecule has 0 unspecified atom stereocenters. The number of hydrazine groups is 1. The minimum atomic E-state index is -0.317. The third-order valence-corrected chi connectivity index (χ3v) is 3.03. The summed E-state index contributed by atoms with van der Waals surface area (Å²) in [5.41, 5.74) is 3.16. The quantitative estimate of drug-likeness (QED) is 0.741. The lowest BCUT2D eigenvalue weighted by Gasteiger charge is -2.22. The van der Waals surface area contributed by atoms with Crippen molar-refractivity contribution >= 4 is 6.09 Å². The van der Waals surface area contributed by atoms with Crippen molar-refractivity contribution in [2.24, 2.45) is 0 Å². The SMILES string of the molecule is C=CC[C@@H](CCOc1ccccc1)NN1CCOC1=O. The van der Waals surface area contributed by atoms with Crippen LogP contribution in [-0.4, -0.2) is 36.9 Å². The average molecular weight is 276 g/mol. The zero-order valence-corrected chi connectivity index (χ0v) is 11.5. The number of hydrogen-bond donors (Lipinski definition) is 1. The van der Waals surface area contributed by atoms with Crippen LogP contribution < -0.4 is 10.2 Å². The fraction of sp³-hybridized carbons (Fsp3) is 0.400. The summed E-state index contributed by atoms with van der Waals surface area (Å²) >= 11 is 0. The molecule has 1 aliphatic rings. The standard InChI is InChI=1S/C15H20N2O3/c1-2-6-13(16-17-10-12-20-15(17)18)9-11-19-14-7-4-3-5-8-14/h2-5,7-8,13,16H,1,6,9-12H2/t13-/m0/s1. The Morgan fingerprint density at radius 3 is 2.90 bits per heavy atom. The van der Waals surface area contributed by atoms with Crippen LogP contribution in [0.4, 0.5) is 4.79 Å². The lowest BCUT2D eigenvalue weighted by molar-refractivity contribution is 0.134. The molecule has 1 aromatic rings. The first kappa shape index (κ1) is 14.4. The van der Waals surface area contributed by atoms with E-state index in [4.69, 9.17) is 9.47 Å². The highest BCUT2D eigenvalue weighted by Crippen LogP contribution is 2.10. The first-order chi connectivity index (χ1) is 9.79. The van der Waals surface area contributed by atoms with E-state index in [1.54, 1.807) is 0 Å². The van der Waals surface area contributed by atoms with Gasteiger partial charge in [0.25, 0.3) is 0 Å². The van der Waals surface area contributed by atoms with Gasteiger partial charge < -0.3 is 9.47 Å². The van der Waals surface area contributed by atoms with Gasteiger partial charge in [-0.05, 0) is 25.0 Å². The van der Waals surface area contributed by atoms with E-state index >= 15 is 0 Å². The maximum atomic E-state index is 11.4. The van der Waals surface area contributed by atoms with Crippen molar-refractivity contribution in [2.75, 3.05) is 19.8 Å². The molecule has 0 aliphatic carbocycles. The molecule has 0 radical (unpaired) electrons. The first-order valence-corrected chi connectivity index (χ1v) is 6.79. The molecular weight excluding hydrogens is 256 g/mol. The zero-order chi connectivity index (χ0) is 14.2. The molecule has 5 nitrogen and oxygen atoms in total. The molecule has 1 atom stereocenters. The second-order valence-corrected chi connectivity index (χ2v) is 4.57. The predicted molar refractivity (Wildman–Crippen MR) is 76.3 cm³/mol. The fourth-order valence-corrected chi connectivity index (χ4v) is 2.00. The molecule has 1 fully saturated rings. The Kier molecular flexibility index (Phi) is 5.43. The van der Waals surface area contributed by atoms with Crippen molar-refractivity contribution in [1.82, 2.24) is 10.4 Å². The Balaban J connectivity index is 1.77. The van der Waals surface area contributed by atoms with E-state index in [1.165, 1.54) is 5.01 Å². The molecular formula is C15H20N2O3. The Labute approximate surface area is 119 Å². The monoisotopic (exact) mass is 276 g/mol. The molecule has 108 valence electrons. The number of nitrogens with zero attached hydrogens (tertiary/aromatic N) is 1. The molecule has 1 saturated heterocycles. The summed E-state index contributed by atoms with van der Waals surface area (Å²) in [5, 5.41) is 1.51.